The molecule has 2 rings (SSSR count). The van der Waals surface area contributed by atoms with Crippen molar-refractivity contribution in [1.82, 2.24) is 15.0 Å². The summed E-state index contributed by atoms with van der Waals surface area (Å²) in [5, 5.41) is 2.87. The number of ether oxygens (including phenoxy) is 1. The summed E-state index contributed by atoms with van der Waals surface area (Å²) in [7, 11) is 1.70. The minimum absolute atomic E-state index is 0.0880. The van der Waals surface area contributed by atoms with Crippen LogP contribution in [0.3, 0.4) is 0 Å². The summed E-state index contributed by atoms with van der Waals surface area (Å²) >= 11 is 7.42. The highest BCUT2D eigenvalue weighted by atomic mass is 35.5. The van der Waals surface area contributed by atoms with Crippen molar-refractivity contribution in [3.05, 3.63) is 29.5 Å². The van der Waals surface area contributed by atoms with Gasteiger partial charge in [-0.05, 0) is 42.1 Å². The fourth-order valence-electron chi connectivity index (χ4n) is 1.24. The summed E-state index contributed by atoms with van der Waals surface area (Å²) in [4.78, 5) is 13.0. The molecule has 5 nitrogen and oxygen atoms in total. The van der Waals surface area contributed by atoms with Crippen LogP contribution in [0, 0.1) is 0 Å². The fraction of sp³-hybridized carbons (Fsp3) is 0.182. The van der Waals surface area contributed by atoms with Gasteiger partial charge < -0.3 is 10.1 Å². The van der Waals surface area contributed by atoms with Crippen LogP contribution in [0.1, 0.15) is 0 Å². The molecule has 94 valence electrons. The van der Waals surface area contributed by atoms with E-state index in [1.54, 1.807) is 18.8 Å². The molecule has 0 aliphatic rings. The van der Waals surface area contributed by atoms with E-state index >= 15 is 0 Å². The summed E-state index contributed by atoms with van der Waals surface area (Å²) in [6.07, 6.45) is 2.01. The van der Waals surface area contributed by atoms with Crippen LogP contribution in [0.5, 0.6) is 11.8 Å². The van der Waals surface area contributed by atoms with Crippen molar-refractivity contribution in [2.45, 2.75) is 4.90 Å². The van der Waals surface area contributed by atoms with Crippen LogP contribution in [0.2, 0.25) is 5.28 Å². The number of benzene rings is 1. The van der Waals surface area contributed by atoms with Crippen molar-refractivity contribution in [3.8, 4) is 11.8 Å². The quantitative estimate of drug-likeness (QED) is 0.870. The summed E-state index contributed by atoms with van der Waals surface area (Å²) < 4.78 is 5.51. The maximum absolute atomic E-state index is 5.76. The van der Waals surface area contributed by atoms with Gasteiger partial charge in [-0.25, -0.2) is 0 Å². The number of halogens is 1. The molecule has 0 aliphatic heterocycles. The second-order valence-corrected chi connectivity index (χ2v) is 4.46. The van der Waals surface area contributed by atoms with Crippen molar-refractivity contribution < 1.29 is 4.74 Å². The van der Waals surface area contributed by atoms with Crippen LogP contribution in [-0.4, -0.2) is 28.3 Å². The van der Waals surface area contributed by atoms with Gasteiger partial charge in [0.2, 0.25) is 11.2 Å². The lowest BCUT2D eigenvalue weighted by Crippen LogP contribution is -2.01. The molecule has 0 aliphatic carbocycles. The van der Waals surface area contributed by atoms with Crippen LogP contribution in [0.15, 0.2) is 29.2 Å². The fourth-order valence-corrected chi connectivity index (χ4v) is 1.80. The molecule has 1 aromatic heterocycles. The molecule has 0 radical (unpaired) electrons. The second kappa shape index (κ2) is 5.88. The molecule has 18 heavy (non-hydrogen) atoms. The summed E-state index contributed by atoms with van der Waals surface area (Å²) in [5.41, 5.74) is 0. The zero-order valence-electron chi connectivity index (χ0n) is 9.85. The molecule has 0 spiro atoms. The van der Waals surface area contributed by atoms with E-state index in [2.05, 4.69) is 20.3 Å². The molecule has 2 aromatic rings. The first-order valence-electron chi connectivity index (χ1n) is 5.12. The van der Waals surface area contributed by atoms with Crippen molar-refractivity contribution >= 4 is 29.3 Å². The van der Waals surface area contributed by atoms with Crippen molar-refractivity contribution in [3.63, 3.8) is 0 Å². The van der Waals surface area contributed by atoms with E-state index in [-0.39, 0.29) is 11.3 Å². The van der Waals surface area contributed by atoms with Gasteiger partial charge in [0, 0.05) is 11.9 Å². The van der Waals surface area contributed by atoms with Crippen molar-refractivity contribution in [2.24, 2.45) is 0 Å². The van der Waals surface area contributed by atoms with Gasteiger partial charge >= 0.3 is 6.01 Å². The Labute approximate surface area is 114 Å². The van der Waals surface area contributed by atoms with E-state index in [0.29, 0.717) is 11.7 Å². The Morgan fingerprint density at radius 3 is 2.50 bits per heavy atom. The highest BCUT2D eigenvalue weighted by Gasteiger charge is 2.06. The maximum atomic E-state index is 5.76. The standard InChI is InChI=1S/C11H11ClN4OS/c1-13-10-14-9(12)15-11(16-10)17-7-3-5-8(18-2)6-4-7/h3-6H,1-2H3,(H,13,14,15,16). The number of thioether (sulfide) groups is 1. The molecule has 1 aromatic carbocycles. The van der Waals surface area contributed by atoms with E-state index in [1.165, 1.54) is 0 Å². The van der Waals surface area contributed by atoms with Gasteiger partial charge in [-0.2, -0.15) is 15.0 Å². The zero-order chi connectivity index (χ0) is 13.0. The Morgan fingerprint density at radius 2 is 1.89 bits per heavy atom. The van der Waals surface area contributed by atoms with Gasteiger partial charge in [-0.15, -0.1) is 11.8 Å². The molecule has 0 saturated heterocycles. The van der Waals surface area contributed by atoms with Crippen LogP contribution >= 0.6 is 23.4 Å². The SMILES string of the molecule is CNc1nc(Cl)nc(Oc2ccc(SC)cc2)n1. The zero-order valence-corrected chi connectivity index (χ0v) is 11.4. The predicted molar refractivity (Wildman–Crippen MR) is 72.7 cm³/mol. The number of aromatic nitrogens is 3. The lowest BCUT2D eigenvalue weighted by Gasteiger charge is -2.05. The Bertz CT molecular complexity index is 535. The minimum Gasteiger partial charge on any atom is -0.424 e. The number of nitrogens with one attached hydrogen (secondary N) is 1. The Balaban J connectivity index is 2.19. The van der Waals surface area contributed by atoms with Gasteiger partial charge in [0.05, 0.1) is 0 Å². The number of hydrogen-bond acceptors (Lipinski definition) is 6. The minimum atomic E-state index is 0.0880. The van der Waals surface area contributed by atoms with Crippen LogP contribution < -0.4 is 10.1 Å². The number of anilines is 1. The smallest absolute Gasteiger partial charge is 0.328 e. The molecule has 0 bridgehead atoms. The lowest BCUT2D eigenvalue weighted by molar-refractivity contribution is 0.440. The topological polar surface area (TPSA) is 59.9 Å². The van der Waals surface area contributed by atoms with E-state index in [0.717, 1.165) is 4.90 Å². The third-order valence-electron chi connectivity index (χ3n) is 2.08. The first-order valence-corrected chi connectivity index (χ1v) is 6.73. The highest BCUT2D eigenvalue weighted by molar-refractivity contribution is 7.98. The summed E-state index contributed by atoms with van der Waals surface area (Å²) in [5.74, 6) is 1.02. The van der Waals surface area contributed by atoms with Gasteiger partial charge in [0.15, 0.2) is 0 Å². The summed E-state index contributed by atoms with van der Waals surface area (Å²) in [6, 6.07) is 7.78. The van der Waals surface area contributed by atoms with Crippen LogP contribution in [0.25, 0.3) is 0 Å². The third-order valence-corrected chi connectivity index (χ3v) is 2.99. The average molecular weight is 283 g/mol. The molecule has 1 N–H and O–H groups in total. The molecular formula is C11H11ClN4OS. The van der Waals surface area contributed by atoms with E-state index in [9.17, 15) is 0 Å². The first kappa shape index (κ1) is 12.9. The molecule has 1 heterocycles. The third kappa shape index (κ3) is 3.24. The number of nitrogens with zero attached hydrogens (tertiary/aromatic N) is 3. The number of hydrogen-bond donors (Lipinski definition) is 1. The Kier molecular flexibility index (Phi) is 4.22. The van der Waals surface area contributed by atoms with Crippen molar-refractivity contribution in [2.75, 3.05) is 18.6 Å². The maximum Gasteiger partial charge on any atom is 0.328 e. The van der Waals surface area contributed by atoms with Crippen LogP contribution in [-0.2, 0) is 0 Å². The molecule has 0 unspecified atom stereocenters. The molecule has 0 atom stereocenters. The largest absolute Gasteiger partial charge is 0.424 e. The van der Waals surface area contributed by atoms with Gasteiger partial charge in [-0.1, -0.05) is 0 Å². The van der Waals surface area contributed by atoms with E-state index in [4.69, 9.17) is 16.3 Å². The number of rotatable bonds is 4. The Morgan fingerprint density at radius 1 is 1.17 bits per heavy atom. The van der Waals surface area contributed by atoms with Crippen molar-refractivity contribution in [1.29, 1.82) is 0 Å². The van der Waals surface area contributed by atoms with Crippen LogP contribution in [0.4, 0.5) is 5.95 Å². The highest BCUT2D eigenvalue weighted by Crippen LogP contribution is 2.23. The molecule has 0 saturated carbocycles. The Hall–Kier alpha value is -1.53. The first-order chi connectivity index (χ1) is 8.71. The molecular weight excluding hydrogens is 272 g/mol. The van der Waals surface area contributed by atoms with Gasteiger partial charge in [0.1, 0.15) is 5.75 Å². The van der Waals surface area contributed by atoms with E-state index in [1.807, 2.05) is 30.5 Å². The summed E-state index contributed by atoms with van der Waals surface area (Å²) in [6.45, 7) is 0. The van der Waals surface area contributed by atoms with Gasteiger partial charge in [0.25, 0.3) is 0 Å². The molecule has 0 fully saturated rings. The van der Waals surface area contributed by atoms with Gasteiger partial charge in [-0.3, -0.25) is 0 Å². The van der Waals surface area contributed by atoms with E-state index < -0.39 is 0 Å². The second-order valence-electron chi connectivity index (χ2n) is 3.24. The normalized spacial score (nSPS) is 10.2. The predicted octanol–water partition coefficient (Wildman–Crippen LogP) is 3.08. The average Bonchev–Trinajstić information content (AvgIpc) is 2.39. The molecule has 7 heteroatoms. The molecule has 0 amide bonds. The lowest BCUT2D eigenvalue weighted by atomic mass is 10.3. The monoisotopic (exact) mass is 282 g/mol.